The van der Waals surface area contributed by atoms with Crippen LogP contribution in [0.5, 0.6) is 0 Å². The molecule has 39 heavy (non-hydrogen) atoms. The van der Waals surface area contributed by atoms with E-state index in [2.05, 4.69) is 0 Å². The molecule has 8 rings (SSSR count). The minimum absolute atomic E-state index is 0. The summed E-state index contributed by atoms with van der Waals surface area (Å²) in [5.74, 6) is 0. The van der Waals surface area contributed by atoms with Crippen molar-refractivity contribution in [2.24, 2.45) is 0 Å². The van der Waals surface area contributed by atoms with Gasteiger partial charge in [-0.15, -0.1) is 12.6 Å². The zero-order valence-electron chi connectivity index (χ0n) is 20.2. The summed E-state index contributed by atoms with van der Waals surface area (Å²) in [6.07, 6.45) is 0. The van der Waals surface area contributed by atoms with Crippen molar-refractivity contribution in [1.29, 1.82) is 0 Å². The first kappa shape index (κ1) is 25.7. The minimum atomic E-state index is -3.11. The Labute approximate surface area is 222 Å². The van der Waals surface area contributed by atoms with E-state index in [1.807, 2.05) is 74.5 Å². The molecule has 0 atom stereocenters. The van der Waals surface area contributed by atoms with Crippen molar-refractivity contribution in [2.75, 3.05) is 0 Å². The van der Waals surface area contributed by atoms with Gasteiger partial charge in [0.2, 0.25) is 0 Å². The number of pyridine rings is 2. The van der Waals surface area contributed by atoms with E-state index < -0.39 is 10.6 Å². The lowest BCUT2D eigenvalue weighted by atomic mass is 9.96. The summed E-state index contributed by atoms with van der Waals surface area (Å²) in [6, 6.07) is 22.8. The Morgan fingerprint density at radius 3 is 1.28 bits per heavy atom. The zero-order chi connectivity index (χ0) is 26.7. The fourth-order valence-electron chi connectivity index (χ4n) is 5.29. The van der Waals surface area contributed by atoms with E-state index in [-0.39, 0.29) is 18.5 Å². The highest BCUT2D eigenvalue weighted by Gasteiger charge is 2.21. The van der Waals surface area contributed by atoms with E-state index >= 15 is 0 Å². The Kier molecular flexibility index (Phi) is 6.20. The average Bonchev–Trinajstić information content (AvgIpc) is 3.51. The molecule has 9 nitrogen and oxygen atoms in total. The van der Waals surface area contributed by atoms with Crippen molar-refractivity contribution >= 4 is 76.3 Å². The van der Waals surface area contributed by atoms with Crippen LogP contribution in [0.1, 0.15) is 21.3 Å². The third-order valence-corrected chi connectivity index (χ3v) is 6.63. The molecule has 0 bridgehead atoms. The van der Waals surface area contributed by atoms with Gasteiger partial charge in [-0.3, -0.25) is 18.4 Å². The van der Waals surface area contributed by atoms with Gasteiger partial charge in [0.25, 0.3) is 11.1 Å². The maximum absolute atomic E-state index is 13.6. The van der Waals surface area contributed by atoms with Crippen LogP contribution >= 0.6 is 0 Å². The normalized spacial score (nSPS) is 11.1. The van der Waals surface area contributed by atoms with E-state index in [4.69, 9.17) is 22.6 Å². The molecule has 0 N–H and O–H groups in total. The van der Waals surface area contributed by atoms with Gasteiger partial charge in [-0.1, -0.05) is 45.5 Å². The van der Waals surface area contributed by atoms with Gasteiger partial charge in [0.1, 0.15) is 11.3 Å². The minimum Gasteiger partial charge on any atom is -0.268 e. The first-order chi connectivity index (χ1) is 18.5. The zero-order valence-corrected chi connectivity index (χ0v) is 21.0. The number of rotatable bonds is 0. The van der Waals surface area contributed by atoms with Gasteiger partial charge < -0.3 is 0 Å². The highest BCUT2D eigenvalue weighted by atomic mass is 32.2. The average molecular weight is 539 g/mol. The lowest BCUT2D eigenvalue weighted by molar-refractivity contribution is 0.559. The molecule has 194 valence electrons. The molecule has 0 saturated carbocycles. The number of aromatic nitrogens is 4. The van der Waals surface area contributed by atoms with Gasteiger partial charge in [0.05, 0.1) is 22.1 Å². The maximum atomic E-state index is 13.6. The fourth-order valence-corrected chi connectivity index (χ4v) is 5.29. The van der Waals surface area contributed by atoms with E-state index in [0.29, 0.717) is 22.1 Å². The van der Waals surface area contributed by atoms with Gasteiger partial charge in [0.15, 0.2) is 0 Å². The molecule has 4 heterocycles. The third kappa shape index (κ3) is 3.52. The second kappa shape index (κ2) is 9.41. The number of hydrogen-bond acceptors (Lipinski definition) is 7. The fraction of sp³-hybridized carbons (Fsp3) is 0.103. The van der Waals surface area contributed by atoms with Gasteiger partial charge in [-0.2, -0.15) is 0 Å². The molecule has 0 aliphatic carbocycles. The molecule has 0 aliphatic rings. The Bertz CT molecular complexity index is 2270. The standard InChI is InChI=1S/C26H12N4O2.C2H6.CH4.O3S/c31-25-15-11-12-16-22-14(24-28-18-6-2-4-8-20(18)30(24)26(16)32)10-9-13(21(15)22)23-27-17-5-1-3-7-19(17)29(23)25;1-2;;1-4(2)3/h1-12H;1-2H3;1H4;. The molecule has 0 fully saturated rings. The van der Waals surface area contributed by atoms with Crippen LogP contribution in [0.4, 0.5) is 0 Å². The number of nitrogens with zero attached hydrogens (tertiary/aromatic N) is 4. The van der Waals surface area contributed by atoms with Crippen molar-refractivity contribution in [3.8, 4) is 0 Å². The maximum Gasteiger partial charge on any atom is 0.425 e. The molecule has 0 aliphatic heterocycles. The van der Waals surface area contributed by atoms with Crippen molar-refractivity contribution < 1.29 is 12.6 Å². The first-order valence-electron chi connectivity index (χ1n) is 11.9. The molecule has 0 unspecified atom stereocenters. The second-order valence-corrected chi connectivity index (χ2v) is 8.81. The van der Waals surface area contributed by atoms with Gasteiger partial charge >= 0.3 is 10.6 Å². The number of hydrogen-bond donors (Lipinski definition) is 0. The lowest BCUT2D eigenvalue weighted by Gasteiger charge is -2.12. The third-order valence-electron chi connectivity index (χ3n) is 6.63. The van der Waals surface area contributed by atoms with Crippen LogP contribution in [-0.4, -0.2) is 31.4 Å². The summed E-state index contributed by atoms with van der Waals surface area (Å²) >= 11 is 0. The SMILES string of the molecule is C.CC.O=S(=O)=O.O=c1c2ccc3c(=O)n4c5ccccc5nc4c4ccc(c2c34)c2nc3ccccc3n12. The molecule has 4 aromatic carbocycles. The molecule has 0 saturated heterocycles. The predicted octanol–water partition coefficient (Wildman–Crippen LogP) is 5.00. The van der Waals surface area contributed by atoms with E-state index in [1.165, 1.54) is 0 Å². The Morgan fingerprint density at radius 1 is 0.564 bits per heavy atom. The molecular weight excluding hydrogens is 516 g/mol. The van der Waals surface area contributed by atoms with Crippen LogP contribution in [0.15, 0.2) is 82.4 Å². The number of fused-ring (bicyclic) bond motifs is 8. The van der Waals surface area contributed by atoms with Crippen LogP contribution in [0, 0.1) is 0 Å². The first-order valence-corrected chi connectivity index (χ1v) is 12.9. The topological polar surface area (TPSA) is 120 Å². The molecule has 0 spiro atoms. The number of benzene rings is 4. The van der Waals surface area contributed by atoms with Crippen molar-refractivity contribution in [3.05, 3.63) is 93.5 Å². The van der Waals surface area contributed by atoms with Crippen molar-refractivity contribution in [2.45, 2.75) is 21.3 Å². The van der Waals surface area contributed by atoms with Crippen LogP contribution < -0.4 is 11.1 Å². The van der Waals surface area contributed by atoms with E-state index in [9.17, 15) is 9.59 Å². The highest BCUT2D eigenvalue weighted by Crippen LogP contribution is 2.36. The number of para-hydroxylation sites is 4. The molecule has 0 radical (unpaired) electrons. The number of imidazole rings is 2. The molecule has 8 aromatic rings. The van der Waals surface area contributed by atoms with Crippen LogP contribution in [-0.2, 0) is 10.6 Å². The summed E-state index contributed by atoms with van der Waals surface area (Å²) in [6.45, 7) is 4.00. The molecular formula is C29H22N4O5S. The lowest BCUT2D eigenvalue weighted by Crippen LogP contribution is -2.16. The van der Waals surface area contributed by atoms with Crippen molar-refractivity contribution in [1.82, 2.24) is 18.8 Å². The van der Waals surface area contributed by atoms with E-state index in [1.54, 1.807) is 20.9 Å². The predicted molar refractivity (Wildman–Crippen MR) is 154 cm³/mol. The summed E-state index contributed by atoms with van der Waals surface area (Å²) < 4.78 is 28.7. The van der Waals surface area contributed by atoms with Gasteiger partial charge in [-0.25, -0.2) is 9.97 Å². The molecule has 4 aromatic heterocycles. The highest BCUT2D eigenvalue weighted by molar-refractivity contribution is 7.59. The summed E-state index contributed by atoms with van der Waals surface area (Å²) in [4.78, 5) is 36.7. The summed E-state index contributed by atoms with van der Waals surface area (Å²) in [5.41, 5.74) is 4.07. The largest absolute Gasteiger partial charge is 0.425 e. The second-order valence-electron chi connectivity index (χ2n) is 8.40. The van der Waals surface area contributed by atoms with Gasteiger partial charge in [0, 0.05) is 32.3 Å². The Hall–Kier alpha value is -4.96. The quantitative estimate of drug-likeness (QED) is 0.249. The Morgan fingerprint density at radius 2 is 0.897 bits per heavy atom. The monoisotopic (exact) mass is 538 g/mol. The van der Waals surface area contributed by atoms with E-state index in [0.717, 1.165) is 43.6 Å². The summed E-state index contributed by atoms with van der Waals surface area (Å²) in [7, 11) is -3.11. The van der Waals surface area contributed by atoms with Gasteiger partial charge in [-0.05, 0) is 48.5 Å². The van der Waals surface area contributed by atoms with Crippen LogP contribution in [0.25, 0.3) is 65.7 Å². The Balaban J connectivity index is 0.000000407. The molecule has 10 heteroatoms. The summed E-state index contributed by atoms with van der Waals surface area (Å²) in [5, 5.41) is 4.42. The van der Waals surface area contributed by atoms with Crippen LogP contribution in [0.3, 0.4) is 0 Å². The van der Waals surface area contributed by atoms with Crippen molar-refractivity contribution in [3.63, 3.8) is 0 Å². The molecule has 0 amide bonds. The van der Waals surface area contributed by atoms with Crippen LogP contribution in [0.2, 0.25) is 0 Å². The smallest absolute Gasteiger partial charge is 0.268 e.